The highest BCUT2D eigenvalue weighted by Crippen LogP contribution is 2.10. The first-order valence-electron chi connectivity index (χ1n) is 2.51. The number of aliphatic hydroxyl groups is 1. The van der Waals surface area contributed by atoms with Gasteiger partial charge in [0.05, 0.1) is 12.5 Å². The van der Waals surface area contributed by atoms with Crippen LogP contribution >= 0.6 is 0 Å². The maximum Gasteiger partial charge on any atom is 0.143 e. The summed E-state index contributed by atoms with van der Waals surface area (Å²) in [6.07, 6.45) is 6.98. The number of rotatable bonds is 1. The van der Waals surface area contributed by atoms with Crippen molar-refractivity contribution in [3.05, 3.63) is 24.2 Å². The van der Waals surface area contributed by atoms with Crippen LogP contribution in [-0.4, -0.2) is 5.11 Å². The van der Waals surface area contributed by atoms with Crippen molar-refractivity contribution in [2.75, 3.05) is 0 Å². The van der Waals surface area contributed by atoms with Gasteiger partial charge in [0.25, 0.3) is 0 Å². The van der Waals surface area contributed by atoms with Crippen molar-refractivity contribution in [3.63, 3.8) is 0 Å². The van der Waals surface area contributed by atoms with Gasteiger partial charge in [-0.05, 0) is 6.07 Å². The van der Waals surface area contributed by atoms with Gasteiger partial charge in [0.1, 0.15) is 6.10 Å². The Kier molecular flexibility index (Phi) is 1.57. The molecule has 0 amide bonds. The van der Waals surface area contributed by atoms with Gasteiger partial charge < -0.3 is 9.52 Å². The SMILES string of the molecule is C#CC(O)c1ccoc1. The Labute approximate surface area is 53.1 Å². The van der Waals surface area contributed by atoms with Crippen LogP contribution in [0.4, 0.5) is 0 Å². The molecule has 46 valence electrons. The monoisotopic (exact) mass is 122 g/mol. The molecule has 0 aromatic carbocycles. The molecule has 0 bridgehead atoms. The van der Waals surface area contributed by atoms with E-state index in [2.05, 4.69) is 10.3 Å². The van der Waals surface area contributed by atoms with Gasteiger partial charge in [-0.15, -0.1) is 6.42 Å². The minimum absolute atomic E-state index is 0.623. The molecule has 1 aromatic rings. The second-order valence-corrected chi connectivity index (χ2v) is 1.63. The average molecular weight is 122 g/mol. The number of aliphatic hydroxyl groups excluding tert-OH is 1. The number of terminal acetylenes is 1. The Hall–Kier alpha value is -1.20. The van der Waals surface area contributed by atoms with Crippen LogP contribution in [0.15, 0.2) is 23.0 Å². The van der Waals surface area contributed by atoms with Gasteiger partial charge in [-0.2, -0.15) is 0 Å². The molecular formula is C7H6O2. The lowest BCUT2D eigenvalue weighted by Crippen LogP contribution is -1.88. The van der Waals surface area contributed by atoms with Crippen molar-refractivity contribution in [3.8, 4) is 12.3 Å². The highest BCUT2D eigenvalue weighted by atomic mass is 16.3. The van der Waals surface area contributed by atoms with Crippen molar-refractivity contribution < 1.29 is 9.52 Å². The molecule has 0 aliphatic rings. The minimum Gasteiger partial charge on any atom is -0.472 e. The standard InChI is InChI=1S/C7H6O2/c1-2-7(8)6-3-4-9-5-6/h1,3-5,7-8H. The van der Waals surface area contributed by atoms with Gasteiger partial charge in [0.2, 0.25) is 0 Å². The zero-order valence-corrected chi connectivity index (χ0v) is 4.74. The highest BCUT2D eigenvalue weighted by Gasteiger charge is 2.01. The third-order valence-corrected chi connectivity index (χ3v) is 1.02. The molecule has 1 atom stereocenters. The van der Waals surface area contributed by atoms with Crippen LogP contribution < -0.4 is 0 Å². The normalized spacial score (nSPS) is 12.4. The van der Waals surface area contributed by atoms with E-state index in [1.54, 1.807) is 6.07 Å². The second kappa shape index (κ2) is 2.38. The predicted molar refractivity (Wildman–Crippen MR) is 32.5 cm³/mol. The fourth-order valence-corrected chi connectivity index (χ4v) is 0.527. The molecule has 1 aromatic heterocycles. The summed E-state index contributed by atoms with van der Waals surface area (Å²) in [4.78, 5) is 0. The fourth-order valence-electron chi connectivity index (χ4n) is 0.527. The van der Waals surface area contributed by atoms with E-state index in [9.17, 15) is 0 Å². The van der Waals surface area contributed by atoms with Crippen LogP contribution in [0.25, 0.3) is 0 Å². The van der Waals surface area contributed by atoms with Crippen LogP contribution in [0.5, 0.6) is 0 Å². The first-order chi connectivity index (χ1) is 4.34. The molecule has 0 spiro atoms. The van der Waals surface area contributed by atoms with E-state index in [1.165, 1.54) is 12.5 Å². The predicted octanol–water partition coefficient (Wildman–Crippen LogP) is 0.946. The molecule has 0 aliphatic heterocycles. The van der Waals surface area contributed by atoms with Gasteiger partial charge in [0.15, 0.2) is 0 Å². The van der Waals surface area contributed by atoms with E-state index in [0.717, 1.165) is 0 Å². The molecule has 0 radical (unpaired) electrons. The Balaban J connectivity index is 2.80. The average Bonchev–Trinajstić information content (AvgIpc) is 2.37. The van der Waals surface area contributed by atoms with E-state index >= 15 is 0 Å². The van der Waals surface area contributed by atoms with Crippen molar-refractivity contribution in [1.29, 1.82) is 0 Å². The molecule has 0 saturated heterocycles. The summed E-state index contributed by atoms with van der Waals surface area (Å²) in [5.74, 6) is 2.16. The number of furan rings is 1. The molecule has 0 aliphatic carbocycles. The van der Waals surface area contributed by atoms with Crippen molar-refractivity contribution in [1.82, 2.24) is 0 Å². The van der Waals surface area contributed by atoms with E-state index in [1.807, 2.05) is 0 Å². The first kappa shape index (κ1) is 5.93. The lowest BCUT2D eigenvalue weighted by Gasteiger charge is -1.94. The quantitative estimate of drug-likeness (QED) is 0.562. The molecule has 1 unspecified atom stereocenters. The molecule has 0 fully saturated rings. The van der Waals surface area contributed by atoms with Crippen molar-refractivity contribution >= 4 is 0 Å². The first-order valence-corrected chi connectivity index (χ1v) is 2.51. The molecule has 9 heavy (non-hydrogen) atoms. The smallest absolute Gasteiger partial charge is 0.143 e. The van der Waals surface area contributed by atoms with Gasteiger partial charge in [-0.3, -0.25) is 0 Å². The minimum atomic E-state index is -0.830. The summed E-state index contributed by atoms with van der Waals surface area (Å²) >= 11 is 0. The molecular weight excluding hydrogens is 116 g/mol. The van der Waals surface area contributed by atoms with Crippen molar-refractivity contribution in [2.45, 2.75) is 6.10 Å². The maximum absolute atomic E-state index is 8.92. The molecule has 1 heterocycles. The summed E-state index contributed by atoms with van der Waals surface area (Å²) in [5.41, 5.74) is 0.623. The van der Waals surface area contributed by atoms with E-state index in [0.29, 0.717) is 5.56 Å². The maximum atomic E-state index is 8.92. The molecule has 0 saturated carbocycles. The van der Waals surface area contributed by atoms with Crippen LogP contribution in [0.2, 0.25) is 0 Å². The van der Waals surface area contributed by atoms with E-state index in [-0.39, 0.29) is 0 Å². The van der Waals surface area contributed by atoms with Gasteiger partial charge in [-0.1, -0.05) is 5.92 Å². The Morgan fingerprint density at radius 2 is 2.56 bits per heavy atom. The molecule has 1 N–H and O–H groups in total. The third-order valence-electron chi connectivity index (χ3n) is 1.02. The number of hydrogen-bond donors (Lipinski definition) is 1. The Bertz CT molecular complexity index is 205. The molecule has 2 heteroatoms. The summed E-state index contributed by atoms with van der Waals surface area (Å²) in [6, 6.07) is 1.63. The van der Waals surface area contributed by atoms with E-state index in [4.69, 9.17) is 11.5 Å². The molecule has 1 rings (SSSR count). The lowest BCUT2D eigenvalue weighted by atomic mass is 10.2. The zero-order chi connectivity index (χ0) is 6.69. The van der Waals surface area contributed by atoms with Crippen LogP contribution in [0, 0.1) is 12.3 Å². The summed E-state index contributed by atoms with van der Waals surface area (Å²) in [5, 5.41) is 8.92. The Morgan fingerprint density at radius 3 is 3.00 bits per heavy atom. The van der Waals surface area contributed by atoms with Gasteiger partial charge in [0, 0.05) is 5.56 Å². The van der Waals surface area contributed by atoms with Crippen LogP contribution in [-0.2, 0) is 0 Å². The molecule has 2 nitrogen and oxygen atoms in total. The number of hydrogen-bond acceptors (Lipinski definition) is 2. The van der Waals surface area contributed by atoms with Gasteiger partial charge in [-0.25, -0.2) is 0 Å². The zero-order valence-electron chi connectivity index (χ0n) is 4.74. The summed E-state index contributed by atoms with van der Waals surface area (Å²) in [7, 11) is 0. The second-order valence-electron chi connectivity index (χ2n) is 1.63. The topological polar surface area (TPSA) is 33.4 Å². The van der Waals surface area contributed by atoms with Crippen molar-refractivity contribution in [2.24, 2.45) is 0 Å². The highest BCUT2D eigenvalue weighted by molar-refractivity contribution is 5.17. The van der Waals surface area contributed by atoms with Crippen LogP contribution in [0.3, 0.4) is 0 Å². The van der Waals surface area contributed by atoms with E-state index < -0.39 is 6.10 Å². The largest absolute Gasteiger partial charge is 0.472 e. The fraction of sp³-hybridized carbons (Fsp3) is 0.143. The Morgan fingerprint density at radius 1 is 1.78 bits per heavy atom. The van der Waals surface area contributed by atoms with Crippen LogP contribution in [0.1, 0.15) is 11.7 Å². The third kappa shape index (κ3) is 1.13. The summed E-state index contributed by atoms with van der Waals surface area (Å²) in [6.45, 7) is 0. The van der Waals surface area contributed by atoms with Gasteiger partial charge >= 0.3 is 0 Å². The summed E-state index contributed by atoms with van der Waals surface area (Å²) < 4.78 is 4.68. The lowest BCUT2D eigenvalue weighted by molar-refractivity contribution is 0.237.